The van der Waals surface area contributed by atoms with E-state index in [1.54, 1.807) is 0 Å². The Kier molecular flexibility index (Phi) is 3.52. The van der Waals surface area contributed by atoms with E-state index in [-0.39, 0.29) is 10.6 Å². The molecular weight excluding hydrogens is 244 g/mol. The highest BCUT2D eigenvalue weighted by Gasteiger charge is 2.24. The number of rotatable bonds is 4. The molecule has 0 amide bonds. The van der Waals surface area contributed by atoms with Gasteiger partial charge in [-0.25, -0.2) is 8.42 Å². The van der Waals surface area contributed by atoms with Crippen LogP contribution < -0.4 is 4.74 Å². The molecule has 0 aromatic heterocycles. The number of benzene rings is 1. The molecule has 0 N–H and O–H groups in total. The van der Waals surface area contributed by atoms with Crippen molar-refractivity contribution in [3.8, 4) is 5.75 Å². The van der Waals surface area contributed by atoms with Crippen LogP contribution in [0.1, 0.15) is 0 Å². The third kappa shape index (κ3) is 4.14. The summed E-state index contributed by atoms with van der Waals surface area (Å²) >= 11 is 0. The fraction of sp³-hybridized carbons (Fsp3) is 0.250. The van der Waals surface area contributed by atoms with E-state index >= 15 is 0 Å². The summed E-state index contributed by atoms with van der Waals surface area (Å²) in [6, 6.07) is 4.96. The average Bonchev–Trinajstić information content (AvgIpc) is 2.13. The second kappa shape index (κ2) is 4.36. The Morgan fingerprint density at radius 2 is 1.94 bits per heavy atom. The molecule has 0 bridgehead atoms. The summed E-state index contributed by atoms with van der Waals surface area (Å²) in [5.41, 5.74) is 0. The normalized spacial score (nSPS) is 12.5. The van der Waals surface area contributed by atoms with Crippen LogP contribution in [0.25, 0.3) is 0 Å². The molecule has 0 aliphatic carbocycles. The molecule has 0 saturated carbocycles. The minimum absolute atomic E-state index is 0.0697. The number of hydrogen-bond acceptors (Lipinski definition) is 3. The third-order valence-electron chi connectivity index (χ3n) is 1.67. The van der Waals surface area contributed by atoms with E-state index in [9.17, 15) is 21.4 Å². The minimum Gasteiger partial charge on any atom is -0.522 e. The lowest BCUT2D eigenvalue weighted by Gasteiger charge is -2.15. The molecule has 16 heavy (non-hydrogen) atoms. The van der Waals surface area contributed by atoms with Crippen LogP contribution in [-0.2, 0) is 9.84 Å². The van der Waals surface area contributed by atoms with Crippen molar-refractivity contribution in [2.45, 2.75) is 4.90 Å². The Hall–Kier alpha value is -1.18. The van der Waals surface area contributed by atoms with Gasteiger partial charge in [-0.1, -0.05) is 6.07 Å². The molecule has 1 rings (SSSR count). The van der Waals surface area contributed by atoms with Crippen LogP contribution in [0.5, 0.6) is 5.75 Å². The number of ether oxygens (including phenoxy) is 1. The first-order valence-electron chi connectivity index (χ1n) is 4.32. The molecule has 0 unspecified atom stereocenters. The van der Waals surface area contributed by atoms with Crippen molar-refractivity contribution in [1.82, 2.24) is 0 Å². The van der Waals surface area contributed by atoms with E-state index in [0.29, 0.717) is 0 Å². The van der Waals surface area contributed by atoms with Gasteiger partial charge in [-0.3, -0.25) is 0 Å². The first kappa shape index (κ1) is 12.9. The molecule has 0 atom stereocenters. The van der Waals surface area contributed by atoms with E-state index in [1.807, 2.05) is 0 Å². The molecule has 8 heteroatoms. The van der Waals surface area contributed by atoms with Crippen LogP contribution in [0.2, 0.25) is 0 Å². The summed E-state index contributed by atoms with van der Waals surface area (Å²) < 4.78 is 62.4. The van der Waals surface area contributed by atoms with Crippen molar-refractivity contribution in [2.24, 2.45) is 0 Å². The summed E-state index contributed by atoms with van der Waals surface area (Å²) in [6.45, 7) is -6.42. The second-order valence-corrected chi connectivity index (χ2v) is 5.28. The molecular formula is C8H9BF3O3S-. The van der Waals surface area contributed by atoms with Gasteiger partial charge in [0.25, 0.3) is 0 Å². The van der Waals surface area contributed by atoms with Gasteiger partial charge < -0.3 is 17.7 Å². The monoisotopic (exact) mass is 253 g/mol. The Bertz CT molecular complexity index is 470. The molecule has 1 aromatic rings. The van der Waals surface area contributed by atoms with Gasteiger partial charge in [0.15, 0.2) is 9.84 Å². The van der Waals surface area contributed by atoms with E-state index in [4.69, 9.17) is 0 Å². The molecule has 0 radical (unpaired) electrons. The predicted molar refractivity (Wildman–Crippen MR) is 54.1 cm³/mol. The van der Waals surface area contributed by atoms with Crippen molar-refractivity contribution in [1.29, 1.82) is 0 Å². The Morgan fingerprint density at radius 1 is 1.31 bits per heavy atom. The van der Waals surface area contributed by atoms with Crippen LogP contribution in [0.3, 0.4) is 0 Å². The lowest BCUT2D eigenvalue weighted by molar-refractivity contribution is 0.313. The smallest absolute Gasteiger partial charge is 0.515 e. The number of halogens is 3. The zero-order chi connectivity index (χ0) is 12.4. The van der Waals surface area contributed by atoms with E-state index in [0.717, 1.165) is 12.3 Å². The van der Waals surface area contributed by atoms with Crippen LogP contribution >= 0.6 is 0 Å². The average molecular weight is 253 g/mol. The van der Waals surface area contributed by atoms with Gasteiger partial charge in [0, 0.05) is 6.26 Å². The maximum absolute atomic E-state index is 11.9. The zero-order valence-corrected chi connectivity index (χ0v) is 9.18. The van der Waals surface area contributed by atoms with Crippen LogP contribution in [-0.4, -0.2) is 28.2 Å². The first-order valence-corrected chi connectivity index (χ1v) is 6.21. The van der Waals surface area contributed by atoms with Gasteiger partial charge in [0.2, 0.25) is 0 Å². The summed E-state index contributed by atoms with van der Waals surface area (Å²) in [4.78, 5) is -0.0697. The molecule has 1 aromatic carbocycles. The van der Waals surface area contributed by atoms with E-state index in [2.05, 4.69) is 4.74 Å². The fourth-order valence-corrected chi connectivity index (χ4v) is 1.64. The van der Waals surface area contributed by atoms with Crippen molar-refractivity contribution in [3.63, 3.8) is 0 Å². The molecule has 0 fully saturated rings. The molecule has 0 spiro atoms. The molecule has 3 nitrogen and oxygen atoms in total. The third-order valence-corrected chi connectivity index (χ3v) is 2.78. The lowest BCUT2D eigenvalue weighted by Crippen LogP contribution is -2.26. The maximum atomic E-state index is 11.9. The summed E-state index contributed by atoms with van der Waals surface area (Å²) in [7, 11) is -3.44. The minimum atomic E-state index is -5.04. The van der Waals surface area contributed by atoms with Gasteiger partial charge in [0.05, 0.1) is 11.4 Å². The first-order chi connectivity index (χ1) is 7.18. The van der Waals surface area contributed by atoms with E-state index < -0.39 is 23.3 Å². The van der Waals surface area contributed by atoms with Crippen LogP contribution in [0, 0.1) is 0 Å². The highest BCUT2D eigenvalue weighted by Crippen LogP contribution is 2.19. The molecule has 0 aliphatic heterocycles. The topological polar surface area (TPSA) is 43.4 Å². The zero-order valence-electron chi connectivity index (χ0n) is 8.36. The maximum Gasteiger partial charge on any atom is 0.515 e. The van der Waals surface area contributed by atoms with Gasteiger partial charge in [-0.15, -0.1) is 0 Å². The van der Waals surface area contributed by atoms with Crippen LogP contribution in [0.15, 0.2) is 29.2 Å². The highest BCUT2D eigenvalue weighted by atomic mass is 32.2. The Morgan fingerprint density at radius 3 is 2.44 bits per heavy atom. The van der Waals surface area contributed by atoms with Crippen LogP contribution in [0.4, 0.5) is 12.9 Å². The van der Waals surface area contributed by atoms with Crippen molar-refractivity contribution in [2.75, 3.05) is 12.8 Å². The largest absolute Gasteiger partial charge is 0.522 e. The lowest BCUT2D eigenvalue weighted by atomic mass is 9.95. The van der Waals surface area contributed by atoms with Crippen molar-refractivity contribution >= 4 is 16.8 Å². The summed E-state index contributed by atoms with van der Waals surface area (Å²) in [5.74, 6) is -0.109. The highest BCUT2D eigenvalue weighted by molar-refractivity contribution is 7.90. The molecule has 0 heterocycles. The van der Waals surface area contributed by atoms with Gasteiger partial charge in [-0.2, -0.15) is 0 Å². The Labute approximate surface area is 91.2 Å². The second-order valence-electron chi connectivity index (χ2n) is 3.27. The van der Waals surface area contributed by atoms with Gasteiger partial charge in [-0.05, 0) is 18.2 Å². The summed E-state index contributed by atoms with van der Waals surface area (Å²) in [5, 5.41) is 0. The molecule has 90 valence electrons. The fourth-order valence-electron chi connectivity index (χ4n) is 0.985. The molecule has 0 aliphatic rings. The Balaban J connectivity index is 2.84. The SMILES string of the molecule is CS(=O)(=O)c1cccc(OC[B-](F)(F)F)c1. The standard InChI is InChI=1S/C8H9BF3O3S/c1-16(13,14)8-4-2-3-7(5-8)15-6-9(10,11)12/h2-5H,6H2,1H3/q-1. The molecule has 0 saturated heterocycles. The predicted octanol–water partition coefficient (Wildman–Crippen LogP) is 1.86. The van der Waals surface area contributed by atoms with Crippen molar-refractivity contribution < 1.29 is 26.1 Å². The summed E-state index contributed by atoms with van der Waals surface area (Å²) in [6.07, 6.45) is 0.972. The van der Waals surface area contributed by atoms with Gasteiger partial charge >= 0.3 is 6.98 Å². The van der Waals surface area contributed by atoms with Crippen molar-refractivity contribution in [3.05, 3.63) is 24.3 Å². The number of sulfone groups is 1. The van der Waals surface area contributed by atoms with Gasteiger partial charge in [0.1, 0.15) is 5.75 Å². The van der Waals surface area contributed by atoms with E-state index in [1.165, 1.54) is 18.2 Å². The quantitative estimate of drug-likeness (QED) is 0.769. The number of hydrogen-bond donors (Lipinski definition) is 0.